The molecule has 6 unspecified atom stereocenters. The maximum atomic E-state index is 11.3. The van der Waals surface area contributed by atoms with Crippen LogP contribution in [0.4, 0.5) is 0 Å². The van der Waals surface area contributed by atoms with Gasteiger partial charge in [0.25, 0.3) is 0 Å². The summed E-state index contributed by atoms with van der Waals surface area (Å²) in [6, 6.07) is 0. The number of hydrogen-bond donors (Lipinski definition) is 0. The van der Waals surface area contributed by atoms with Gasteiger partial charge >= 0.3 is 5.97 Å². The summed E-state index contributed by atoms with van der Waals surface area (Å²) in [4.78, 5) is 11.3. The van der Waals surface area contributed by atoms with E-state index in [0.29, 0.717) is 6.42 Å². The molecule has 2 heteroatoms. The zero-order valence-electron chi connectivity index (χ0n) is 11.7. The fourth-order valence-corrected chi connectivity index (χ4v) is 4.81. The maximum Gasteiger partial charge on any atom is 0.306 e. The number of carbonyl (C=O) groups is 1. The number of hydrogen-bond acceptors (Lipinski definition) is 2. The van der Waals surface area contributed by atoms with Crippen LogP contribution in [-0.2, 0) is 9.53 Å². The summed E-state index contributed by atoms with van der Waals surface area (Å²) in [6.07, 6.45) is 8.31. The normalized spacial score (nSPS) is 47.3. The summed E-state index contributed by atoms with van der Waals surface area (Å²) in [7, 11) is 0. The molecular formula is C16H26O2. The Balaban J connectivity index is 1.48. The van der Waals surface area contributed by atoms with Gasteiger partial charge in [0.1, 0.15) is 6.10 Å². The van der Waals surface area contributed by atoms with Gasteiger partial charge in [-0.05, 0) is 68.1 Å². The van der Waals surface area contributed by atoms with E-state index >= 15 is 0 Å². The van der Waals surface area contributed by atoms with Crippen molar-refractivity contribution in [2.45, 2.75) is 64.9 Å². The lowest BCUT2D eigenvalue weighted by molar-refractivity contribution is -0.154. The Bertz CT molecular complexity index is 323. The van der Waals surface area contributed by atoms with Crippen molar-refractivity contribution in [3.63, 3.8) is 0 Å². The van der Waals surface area contributed by atoms with Gasteiger partial charge in [0.05, 0.1) is 0 Å². The number of esters is 1. The molecule has 2 bridgehead atoms. The Morgan fingerprint density at radius 2 is 2.00 bits per heavy atom. The largest absolute Gasteiger partial charge is 0.462 e. The Hall–Kier alpha value is -0.530. The van der Waals surface area contributed by atoms with E-state index in [4.69, 9.17) is 4.74 Å². The average molecular weight is 250 g/mol. The molecule has 6 atom stereocenters. The molecule has 0 aromatic carbocycles. The van der Waals surface area contributed by atoms with Crippen molar-refractivity contribution in [3.05, 3.63) is 0 Å². The van der Waals surface area contributed by atoms with Gasteiger partial charge in [-0.1, -0.05) is 13.8 Å². The quantitative estimate of drug-likeness (QED) is 0.712. The minimum absolute atomic E-state index is 0.0289. The minimum Gasteiger partial charge on any atom is -0.462 e. The Morgan fingerprint density at radius 3 is 2.67 bits per heavy atom. The van der Waals surface area contributed by atoms with E-state index in [1.165, 1.54) is 19.3 Å². The van der Waals surface area contributed by atoms with E-state index in [0.717, 1.165) is 48.9 Å². The summed E-state index contributed by atoms with van der Waals surface area (Å²) in [5.41, 5.74) is 0. The highest BCUT2D eigenvalue weighted by Crippen LogP contribution is 2.56. The lowest BCUT2D eigenvalue weighted by Gasteiger charge is -2.33. The predicted octanol–water partition coefficient (Wildman–Crippen LogP) is 3.79. The molecule has 0 aromatic rings. The van der Waals surface area contributed by atoms with Gasteiger partial charge < -0.3 is 4.74 Å². The van der Waals surface area contributed by atoms with Gasteiger partial charge in [-0.25, -0.2) is 0 Å². The molecule has 18 heavy (non-hydrogen) atoms. The van der Waals surface area contributed by atoms with Crippen LogP contribution >= 0.6 is 0 Å². The summed E-state index contributed by atoms with van der Waals surface area (Å²) in [5, 5.41) is 0. The molecule has 1 saturated heterocycles. The number of cyclic esters (lactones) is 1. The van der Waals surface area contributed by atoms with Gasteiger partial charge in [0.15, 0.2) is 0 Å². The van der Waals surface area contributed by atoms with Gasteiger partial charge in [0, 0.05) is 6.42 Å². The van der Waals surface area contributed by atoms with Crippen molar-refractivity contribution in [1.82, 2.24) is 0 Å². The van der Waals surface area contributed by atoms with E-state index in [2.05, 4.69) is 13.8 Å². The molecular weight excluding hydrogens is 224 g/mol. The van der Waals surface area contributed by atoms with Crippen LogP contribution in [0.2, 0.25) is 0 Å². The minimum atomic E-state index is 0.0289. The molecule has 3 rings (SSSR count). The summed E-state index contributed by atoms with van der Waals surface area (Å²) in [6.45, 7) is 4.89. The van der Waals surface area contributed by atoms with E-state index in [1.54, 1.807) is 0 Å². The fraction of sp³-hybridized carbons (Fsp3) is 0.938. The molecule has 3 fully saturated rings. The molecule has 102 valence electrons. The summed E-state index contributed by atoms with van der Waals surface area (Å²) in [5.74, 6) is 4.76. The first kappa shape index (κ1) is 12.5. The third kappa shape index (κ3) is 2.19. The number of carbonyl (C=O) groups excluding carboxylic acids is 1. The van der Waals surface area contributed by atoms with Crippen molar-refractivity contribution in [1.29, 1.82) is 0 Å². The molecule has 2 aliphatic carbocycles. The monoisotopic (exact) mass is 250 g/mol. The summed E-state index contributed by atoms with van der Waals surface area (Å²) >= 11 is 0. The van der Waals surface area contributed by atoms with Crippen LogP contribution in [0.3, 0.4) is 0 Å². The highest BCUT2D eigenvalue weighted by molar-refractivity contribution is 5.70. The number of ether oxygens (including phenoxy) is 1. The highest BCUT2D eigenvalue weighted by atomic mass is 16.5. The van der Waals surface area contributed by atoms with E-state index in [9.17, 15) is 4.79 Å². The summed E-state index contributed by atoms with van der Waals surface area (Å²) < 4.78 is 5.44. The molecule has 3 aliphatic rings. The second kappa shape index (κ2) is 4.86. The molecule has 2 saturated carbocycles. The van der Waals surface area contributed by atoms with Crippen molar-refractivity contribution in [2.24, 2.45) is 29.6 Å². The molecule has 0 aromatic heterocycles. The Labute approximate surface area is 110 Å². The van der Waals surface area contributed by atoms with E-state index in [-0.39, 0.29) is 12.1 Å². The maximum absolute atomic E-state index is 11.3. The van der Waals surface area contributed by atoms with Crippen molar-refractivity contribution < 1.29 is 9.53 Å². The van der Waals surface area contributed by atoms with Crippen LogP contribution in [0.25, 0.3) is 0 Å². The Morgan fingerprint density at radius 1 is 1.17 bits per heavy atom. The first-order chi connectivity index (χ1) is 8.65. The number of fused-ring (bicyclic) bond motifs is 2. The average Bonchev–Trinajstić information content (AvgIpc) is 2.88. The fourth-order valence-electron chi connectivity index (χ4n) is 4.81. The van der Waals surface area contributed by atoms with Gasteiger partial charge in [-0.2, -0.15) is 0 Å². The zero-order chi connectivity index (χ0) is 12.7. The smallest absolute Gasteiger partial charge is 0.306 e. The lowest BCUT2D eigenvalue weighted by Crippen LogP contribution is -2.27. The van der Waals surface area contributed by atoms with Crippen LogP contribution < -0.4 is 0 Å². The predicted molar refractivity (Wildman–Crippen MR) is 71.0 cm³/mol. The SMILES string of the molecule is CC1C2CC(CCC3CCCC(=O)O3)C(C2)C1C. The third-order valence-electron chi connectivity index (χ3n) is 6.10. The molecule has 0 radical (unpaired) electrons. The van der Waals surface area contributed by atoms with Crippen LogP contribution in [0.15, 0.2) is 0 Å². The zero-order valence-corrected chi connectivity index (χ0v) is 11.7. The van der Waals surface area contributed by atoms with E-state index in [1.807, 2.05) is 0 Å². The second-order valence-corrected chi connectivity index (χ2v) is 6.96. The Kier molecular flexibility index (Phi) is 3.38. The van der Waals surface area contributed by atoms with Crippen molar-refractivity contribution in [3.8, 4) is 0 Å². The van der Waals surface area contributed by atoms with Crippen molar-refractivity contribution >= 4 is 5.97 Å². The molecule has 2 nitrogen and oxygen atoms in total. The third-order valence-corrected chi connectivity index (χ3v) is 6.10. The molecule has 0 N–H and O–H groups in total. The van der Waals surface area contributed by atoms with Gasteiger partial charge in [-0.15, -0.1) is 0 Å². The van der Waals surface area contributed by atoms with E-state index < -0.39 is 0 Å². The number of rotatable bonds is 3. The van der Waals surface area contributed by atoms with Crippen LogP contribution in [0.5, 0.6) is 0 Å². The molecule has 1 aliphatic heterocycles. The molecule has 0 amide bonds. The standard InChI is InChI=1S/C16H26O2/c1-10-11(2)15-9-13(10)8-12(15)6-7-14-4-3-5-16(17)18-14/h10-15H,3-9H2,1-2H3. The molecule has 0 spiro atoms. The van der Waals surface area contributed by atoms with Crippen LogP contribution in [0, 0.1) is 29.6 Å². The first-order valence-electron chi connectivity index (χ1n) is 7.84. The molecule has 1 heterocycles. The first-order valence-corrected chi connectivity index (χ1v) is 7.84. The van der Waals surface area contributed by atoms with Gasteiger partial charge in [-0.3, -0.25) is 4.79 Å². The highest BCUT2D eigenvalue weighted by Gasteiger charge is 2.48. The van der Waals surface area contributed by atoms with Gasteiger partial charge in [0.2, 0.25) is 0 Å². The topological polar surface area (TPSA) is 26.3 Å². The van der Waals surface area contributed by atoms with Crippen LogP contribution in [-0.4, -0.2) is 12.1 Å². The van der Waals surface area contributed by atoms with Crippen LogP contribution in [0.1, 0.15) is 58.8 Å². The van der Waals surface area contributed by atoms with Crippen molar-refractivity contribution in [2.75, 3.05) is 0 Å². The lowest BCUT2D eigenvalue weighted by atomic mass is 9.74. The second-order valence-electron chi connectivity index (χ2n) is 6.96.